The van der Waals surface area contributed by atoms with E-state index < -0.39 is 7.82 Å². The maximum atomic E-state index is 11.3. The summed E-state index contributed by atoms with van der Waals surface area (Å²) in [4.78, 5) is 2.02. The molecule has 0 aromatic carbocycles. The van der Waals surface area contributed by atoms with Gasteiger partial charge >= 0.3 is 7.82 Å². The standard InChI is InChI=1S/C7H18NO4P/c1-8(2)6-5-7-12-13(9,10-3)11-4/h5-7H2,1-4H3. The molecule has 6 heteroatoms. The van der Waals surface area contributed by atoms with E-state index in [0.29, 0.717) is 6.61 Å². The summed E-state index contributed by atoms with van der Waals surface area (Å²) >= 11 is 0. The zero-order valence-electron chi connectivity index (χ0n) is 8.65. The van der Waals surface area contributed by atoms with Crippen LogP contribution in [-0.2, 0) is 18.1 Å². The molecule has 0 aliphatic carbocycles. The largest absolute Gasteiger partial charge is 0.474 e. The molecule has 0 aliphatic heterocycles. The van der Waals surface area contributed by atoms with Gasteiger partial charge in [-0.2, -0.15) is 0 Å². The fourth-order valence-corrected chi connectivity index (χ4v) is 1.45. The van der Waals surface area contributed by atoms with E-state index in [1.807, 2.05) is 19.0 Å². The van der Waals surface area contributed by atoms with Crippen molar-refractivity contribution in [2.45, 2.75) is 6.42 Å². The van der Waals surface area contributed by atoms with Gasteiger partial charge in [-0.3, -0.25) is 13.6 Å². The predicted molar refractivity (Wildman–Crippen MR) is 50.7 cm³/mol. The summed E-state index contributed by atoms with van der Waals surface area (Å²) < 4.78 is 25.5. The van der Waals surface area contributed by atoms with Crippen LogP contribution in [0.3, 0.4) is 0 Å². The maximum Gasteiger partial charge on any atom is 0.474 e. The molecule has 0 unspecified atom stereocenters. The lowest BCUT2D eigenvalue weighted by atomic mass is 10.4. The van der Waals surface area contributed by atoms with Gasteiger partial charge in [-0.05, 0) is 27.1 Å². The first-order chi connectivity index (χ1) is 6.04. The minimum absolute atomic E-state index is 0.372. The minimum Gasteiger partial charge on any atom is -0.309 e. The fourth-order valence-electron chi connectivity index (χ4n) is 0.737. The highest BCUT2D eigenvalue weighted by atomic mass is 31.2. The quantitative estimate of drug-likeness (QED) is 0.470. The van der Waals surface area contributed by atoms with Gasteiger partial charge in [0.15, 0.2) is 0 Å². The summed E-state index contributed by atoms with van der Waals surface area (Å²) in [5.74, 6) is 0. The first-order valence-electron chi connectivity index (χ1n) is 4.05. The number of phosphoric ester groups is 1. The van der Waals surface area contributed by atoms with Crippen LogP contribution in [0.2, 0.25) is 0 Å². The number of hydrogen-bond acceptors (Lipinski definition) is 5. The SMILES string of the molecule is COP(=O)(OC)OCCCN(C)C. The van der Waals surface area contributed by atoms with Crippen LogP contribution in [0, 0.1) is 0 Å². The van der Waals surface area contributed by atoms with E-state index in [4.69, 9.17) is 4.52 Å². The molecule has 0 aromatic rings. The Balaban J connectivity index is 3.56. The van der Waals surface area contributed by atoms with Gasteiger partial charge in [-0.1, -0.05) is 0 Å². The van der Waals surface area contributed by atoms with E-state index in [1.165, 1.54) is 14.2 Å². The molecule has 0 bridgehead atoms. The molecule has 0 rings (SSSR count). The highest BCUT2D eigenvalue weighted by Gasteiger charge is 2.21. The first kappa shape index (κ1) is 13.1. The van der Waals surface area contributed by atoms with Gasteiger partial charge in [-0.25, -0.2) is 4.57 Å². The molecule has 0 heterocycles. The van der Waals surface area contributed by atoms with Crippen molar-refractivity contribution in [1.82, 2.24) is 4.90 Å². The Bertz CT molecular complexity index is 166. The van der Waals surface area contributed by atoms with E-state index >= 15 is 0 Å². The van der Waals surface area contributed by atoms with Crippen molar-refractivity contribution < 1.29 is 18.1 Å². The topological polar surface area (TPSA) is 48.0 Å². The summed E-state index contributed by atoms with van der Waals surface area (Å²) in [6.07, 6.45) is 0.795. The van der Waals surface area contributed by atoms with E-state index in [2.05, 4.69) is 9.05 Å². The second kappa shape index (κ2) is 6.51. The molecular weight excluding hydrogens is 193 g/mol. The maximum absolute atomic E-state index is 11.3. The monoisotopic (exact) mass is 211 g/mol. The van der Waals surface area contributed by atoms with E-state index in [-0.39, 0.29) is 0 Å². The molecule has 0 amide bonds. The van der Waals surface area contributed by atoms with Gasteiger partial charge in [0.05, 0.1) is 6.61 Å². The lowest BCUT2D eigenvalue weighted by Crippen LogP contribution is -2.14. The van der Waals surface area contributed by atoms with Gasteiger partial charge in [0.25, 0.3) is 0 Å². The van der Waals surface area contributed by atoms with Crippen molar-refractivity contribution in [3.05, 3.63) is 0 Å². The number of hydrogen-bond donors (Lipinski definition) is 0. The first-order valence-corrected chi connectivity index (χ1v) is 5.51. The number of nitrogens with zero attached hydrogens (tertiary/aromatic N) is 1. The van der Waals surface area contributed by atoms with Gasteiger partial charge < -0.3 is 4.90 Å². The highest BCUT2D eigenvalue weighted by molar-refractivity contribution is 7.48. The van der Waals surface area contributed by atoms with Crippen molar-refractivity contribution in [2.24, 2.45) is 0 Å². The second-order valence-electron chi connectivity index (χ2n) is 2.80. The molecule has 0 saturated heterocycles. The zero-order chi connectivity index (χ0) is 10.3. The fraction of sp³-hybridized carbons (Fsp3) is 1.00. The predicted octanol–water partition coefficient (Wildman–Crippen LogP) is 1.36. The van der Waals surface area contributed by atoms with E-state index in [1.54, 1.807) is 0 Å². The third kappa shape index (κ3) is 6.18. The molecule has 5 nitrogen and oxygen atoms in total. The van der Waals surface area contributed by atoms with Gasteiger partial charge in [-0.15, -0.1) is 0 Å². The Hall–Kier alpha value is 0.0700. The Morgan fingerprint density at radius 1 is 1.23 bits per heavy atom. The molecular formula is C7H18NO4P. The van der Waals surface area contributed by atoms with Gasteiger partial charge in [0.1, 0.15) is 0 Å². The summed E-state index contributed by atoms with van der Waals surface area (Å²) in [6, 6.07) is 0. The molecule has 80 valence electrons. The summed E-state index contributed by atoms with van der Waals surface area (Å²) in [6.45, 7) is 1.25. The van der Waals surface area contributed by atoms with Crippen LogP contribution < -0.4 is 0 Å². The van der Waals surface area contributed by atoms with Crippen LogP contribution in [-0.4, -0.2) is 46.4 Å². The lowest BCUT2D eigenvalue weighted by Gasteiger charge is -2.14. The Morgan fingerprint density at radius 3 is 2.15 bits per heavy atom. The van der Waals surface area contributed by atoms with Crippen LogP contribution >= 0.6 is 7.82 Å². The highest BCUT2D eigenvalue weighted by Crippen LogP contribution is 2.47. The molecule has 0 N–H and O–H groups in total. The van der Waals surface area contributed by atoms with Crippen LogP contribution in [0.4, 0.5) is 0 Å². The summed E-state index contributed by atoms with van der Waals surface area (Å²) in [5.41, 5.74) is 0. The molecule has 0 aliphatic rings. The van der Waals surface area contributed by atoms with Crippen LogP contribution in [0.25, 0.3) is 0 Å². The zero-order valence-corrected chi connectivity index (χ0v) is 9.54. The average Bonchev–Trinajstić information content (AvgIpc) is 2.12. The van der Waals surface area contributed by atoms with E-state index in [0.717, 1.165) is 13.0 Å². The summed E-state index contributed by atoms with van der Waals surface area (Å²) in [5, 5.41) is 0. The van der Waals surface area contributed by atoms with Crippen LogP contribution in [0.15, 0.2) is 0 Å². The van der Waals surface area contributed by atoms with Gasteiger partial charge in [0, 0.05) is 14.2 Å². The number of phosphoric acid groups is 1. The number of rotatable bonds is 7. The second-order valence-corrected chi connectivity index (χ2v) is 4.69. The van der Waals surface area contributed by atoms with Crippen LogP contribution in [0.5, 0.6) is 0 Å². The minimum atomic E-state index is -3.26. The molecule has 0 fully saturated rings. The normalized spacial score (nSPS) is 12.4. The Morgan fingerprint density at radius 2 is 1.77 bits per heavy atom. The van der Waals surface area contributed by atoms with Crippen molar-refractivity contribution in [3.8, 4) is 0 Å². The lowest BCUT2D eigenvalue weighted by molar-refractivity contribution is 0.147. The van der Waals surface area contributed by atoms with Crippen molar-refractivity contribution in [3.63, 3.8) is 0 Å². The smallest absolute Gasteiger partial charge is 0.309 e. The molecule has 0 spiro atoms. The Labute approximate surface area is 79.6 Å². The molecule has 0 atom stereocenters. The Kier molecular flexibility index (Phi) is 6.55. The van der Waals surface area contributed by atoms with Crippen molar-refractivity contribution in [1.29, 1.82) is 0 Å². The van der Waals surface area contributed by atoms with E-state index in [9.17, 15) is 4.57 Å². The molecule has 0 radical (unpaired) electrons. The third-order valence-electron chi connectivity index (χ3n) is 1.45. The van der Waals surface area contributed by atoms with Crippen molar-refractivity contribution in [2.75, 3.05) is 41.5 Å². The average molecular weight is 211 g/mol. The summed E-state index contributed by atoms with van der Waals surface area (Å²) in [7, 11) is 3.27. The molecule has 13 heavy (non-hydrogen) atoms. The van der Waals surface area contributed by atoms with Crippen molar-refractivity contribution >= 4 is 7.82 Å². The van der Waals surface area contributed by atoms with Crippen LogP contribution in [0.1, 0.15) is 6.42 Å². The molecule has 0 aromatic heterocycles. The molecule has 0 saturated carbocycles. The van der Waals surface area contributed by atoms with Gasteiger partial charge in [0.2, 0.25) is 0 Å². The third-order valence-corrected chi connectivity index (χ3v) is 2.84.